The SMILES string of the molecule is N#Cc1cccnc1N1CCN2[C@@H](CCC[C@@H]2C#Cc2ccccn2)C1. The second kappa shape index (κ2) is 7.56. The van der Waals surface area contributed by atoms with Crippen molar-refractivity contribution in [3.05, 3.63) is 54.0 Å². The number of hydrogen-bond acceptors (Lipinski definition) is 5. The van der Waals surface area contributed by atoms with Gasteiger partial charge >= 0.3 is 0 Å². The highest BCUT2D eigenvalue weighted by Crippen LogP contribution is 2.28. The lowest BCUT2D eigenvalue weighted by atomic mass is 9.93. The van der Waals surface area contributed by atoms with Gasteiger partial charge in [-0.15, -0.1) is 0 Å². The number of fused-ring (bicyclic) bond motifs is 1. The van der Waals surface area contributed by atoms with Gasteiger partial charge in [0.1, 0.15) is 17.6 Å². The third-order valence-electron chi connectivity index (χ3n) is 5.18. The standard InChI is InChI=1S/C21H21N5/c22-15-17-5-4-12-24-21(17)25-13-14-26-19(7-3-8-20(26)16-25)10-9-18-6-1-2-11-23-18/h1-2,4-6,11-12,19-20H,3,7-8,13-14,16H2/t19-,20+/m1/s1. The van der Waals surface area contributed by atoms with Gasteiger partial charge in [-0.1, -0.05) is 12.0 Å². The first-order valence-corrected chi connectivity index (χ1v) is 9.13. The molecule has 2 aliphatic rings. The number of aromatic nitrogens is 2. The van der Waals surface area contributed by atoms with Crippen LogP contribution in [0, 0.1) is 23.2 Å². The number of nitrogens with zero attached hydrogens (tertiary/aromatic N) is 5. The maximum Gasteiger partial charge on any atom is 0.146 e. The topological polar surface area (TPSA) is 56.1 Å². The van der Waals surface area contributed by atoms with Crippen molar-refractivity contribution in [3.8, 4) is 17.9 Å². The summed E-state index contributed by atoms with van der Waals surface area (Å²) in [6.07, 6.45) is 7.02. The average Bonchev–Trinajstić information content (AvgIpc) is 2.72. The van der Waals surface area contributed by atoms with E-state index in [1.54, 1.807) is 12.4 Å². The molecular formula is C21H21N5. The molecule has 0 N–H and O–H groups in total. The van der Waals surface area contributed by atoms with Gasteiger partial charge in [-0.25, -0.2) is 9.97 Å². The van der Waals surface area contributed by atoms with Gasteiger partial charge in [0.05, 0.1) is 11.6 Å². The Morgan fingerprint density at radius 2 is 1.96 bits per heavy atom. The van der Waals surface area contributed by atoms with E-state index >= 15 is 0 Å². The van der Waals surface area contributed by atoms with Crippen molar-refractivity contribution in [2.24, 2.45) is 0 Å². The quantitative estimate of drug-likeness (QED) is 0.745. The predicted molar refractivity (Wildman–Crippen MR) is 100 cm³/mol. The summed E-state index contributed by atoms with van der Waals surface area (Å²) < 4.78 is 0. The van der Waals surface area contributed by atoms with Crippen LogP contribution in [0.15, 0.2) is 42.7 Å². The van der Waals surface area contributed by atoms with E-state index in [0.29, 0.717) is 11.6 Å². The van der Waals surface area contributed by atoms with E-state index in [1.165, 1.54) is 12.8 Å². The van der Waals surface area contributed by atoms with E-state index in [4.69, 9.17) is 0 Å². The number of piperidine rings is 1. The highest BCUT2D eigenvalue weighted by molar-refractivity contribution is 5.54. The summed E-state index contributed by atoms with van der Waals surface area (Å²) in [5.74, 6) is 7.49. The van der Waals surface area contributed by atoms with Gasteiger partial charge in [0.25, 0.3) is 0 Å². The Morgan fingerprint density at radius 3 is 2.81 bits per heavy atom. The predicted octanol–water partition coefficient (Wildman–Crippen LogP) is 2.44. The molecule has 5 nitrogen and oxygen atoms in total. The highest BCUT2D eigenvalue weighted by atomic mass is 15.3. The lowest BCUT2D eigenvalue weighted by molar-refractivity contribution is 0.100. The first-order valence-electron chi connectivity index (χ1n) is 9.13. The fourth-order valence-electron chi connectivity index (χ4n) is 3.93. The van der Waals surface area contributed by atoms with Crippen LogP contribution in [0.3, 0.4) is 0 Å². The number of hydrogen-bond donors (Lipinski definition) is 0. The summed E-state index contributed by atoms with van der Waals surface area (Å²) in [4.78, 5) is 13.5. The second-order valence-corrected chi connectivity index (χ2v) is 6.76. The number of anilines is 1. The van der Waals surface area contributed by atoms with Gasteiger partial charge in [0, 0.05) is 38.1 Å². The molecule has 130 valence electrons. The van der Waals surface area contributed by atoms with Crippen molar-refractivity contribution in [2.75, 3.05) is 24.5 Å². The Morgan fingerprint density at radius 1 is 1.04 bits per heavy atom. The molecule has 4 rings (SSSR count). The molecule has 2 aromatic rings. The van der Waals surface area contributed by atoms with Crippen LogP contribution in [0.5, 0.6) is 0 Å². The molecule has 0 spiro atoms. The summed E-state index contributed by atoms with van der Waals surface area (Å²) in [7, 11) is 0. The summed E-state index contributed by atoms with van der Waals surface area (Å²) in [5, 5.41) is 9.35. The monoisotopic (exact) mass is 343 g/mol. The molecule has 0 radical (unpaired) electrons. The molecule has 0 unspecified atom stereocenters. The molecule has 2 saturated heterocycles. The summed E-state index contributed by atoms with van der Waals surface area (Å²) in [5.41, 5.74) is 1.49. The molecule has 0 aromatic carbocycles. The zero-order valence-corrected chi connectivity index (χ0v) is 14.7. The molecule has 0 bridgehead atoms. The normalized spacial score (nSPS) is 22.7. The molecule has 4 heterocycles. The van der Waals surface area contributed by atoms with E-state index in [1.807, 2.05) is 30.3 Å². The number of rotatable bonds is 1. The second-order valence-electron chi connectivity index (χ2n) is 6.76. The van der Waals surface area contributed by atoms with E-state index in [0.717, 1.165) is 37.6 Å². The highest BCUT2D eigenvalue weighted by Gasteiger charge is 2.35. The molecule has 2 atom stereocenters. The van der Waals surface area contributed by atoms with Gasteiger partial charge < -0.3 is 4.90 Å². The van der Waals surface area contributed by atoms with E-state index in [-0.39, 0.29) is 6.04 Å². The average molecular weight is 343 g/mol. The van der Waals surface area contributed by atoms with E-state index in [2.05, 4.69) is 37.7 Å². The van der Waals surface area contributed by atoms with Crippen LogP contribution >= 0.6 is 0 Å². The third-order valence-corrected chi connectivity index (χ3v) is 5.18. The Balaban J connectivity index is 1.49. The Bertz CT molecular complexity index is 861. The number of piperazine rings is 1. The van der Waals surface area contributed by atoms with Gasteiger partial charge in [0.15, 0.2) is 0 Å². The lowest BCUT2D eigenvalue weighted by Crippen LogP contribution is -2.58. The lowest BCUT2D eigenvalue weighted by Gasteiger charge is -2.47. The van der Waals surface area contributed by atoms with Crippen molar-refractivity contribution in [3.63, 3.8) is 0 Å². The fourth-order valence-corrected chi connectivity index (χ4v) is 3.93. The molecule has 2 aliphatic heterocycles. The van der Waals surface area contributed by atoms with Crippen LogP contribution in [-0.4, -0.2) is 46.6 Å². The Kier molecular flexibility index (Phi) is 4.82. The molecule has 0 amide bonds. The van der Waals surface area contributed by atoms with Crippen LogP contribution in [0.1, 0.15) is 30.5 Å². The maximum atomic E-state index is 9.35. The molecule has 26 heavy (non-hydrogen) atoms. The molecule has 2 aromatic heterocycles. The largest absolute Gasteiger partial charge is 0.353 e. The summed E-state index contributed by atoms with van der Waals surface area (Å²) >= 11 is 0. The maximum absolute atomic E-state index is 9.35. The van der Waals surface area contributed by atoms with Crippen molar-refractivity contribution >= 4 is 5.82 Å². The Hall–Kier alpha value is -2.89. The van der Waals surface area contributed by atoms with Crippen LogP contribution in [0.25, 0.3) is 0 Å². The van der Waals surface area contributed by atoms with Gasteiger partial charge in [-0.3, -0.25) is 4.90 Å². The minimum Gasteiger partial charge on any atom is -0.353 e. The summed E-state index contributed by atoms with van der Waals surface area (Å²) in [6.45, 7) is 2.74. The van der Waals surface area contributed by atoms with Gasteiger partial charge in [-0.2, -0.15) is 5.26 Å². The van der Waals surface area contributed by atoms with Crippen molar-refractivity contribution < 1.29 is 0 Å². The third kappa shape index (κ3) is 3.40. The van der Waals surface area contributed by atoms with Crippen molar-refractivity contribution in [1.29, 1.82) is 5.26 Å². The molecular weight excluding hydrogens is 322 g/mol. The van der Waals surface area contributed by atoms with Crippen LogP contribution in [0.4, 0.5) is 5.82 Å². The van der Waals surface area contributed by atoms with Gasteiger partial charge in [-0.05, 0) is 49.4 Å². The molecule has 0 aliphatic carbocycles. The molecule has 5 heteroatoms. The first-order chi connectivity index (χ1) is 12.8. The van der Waals surface area contributed by atoms with E-state index < -0.39 is 0 Å². The number of nitriles is 1. The first kappa shape index (κ1) is 16.6. The zero-order valence-electron chi connectivity index (χ0n) is 14.7. The van der Waals surface area contributed by atoms with Crippen LogP contribution in [-0.2, 0) is 0 Å². The van der Waals surface area contributed by atoms with E-state index in [9.17, 15) is 5.26 Å². The van der Waals surface area contributed by atoms with Crippen LogP contribution < -0.4 is 4.90 Å². The minimum absolute atomic E-state index is 0.289. The molecule has 0 saturated carbocycles. The zero-order chi connectivity index (χ0) is 17.8. The molecule has 2 fully saturated rings. The Labute approximate surface area is 154 Å². The smallest absolute Gasteiger partial charge is 0.146 e. The van der Waals surface area contributed by atoms with Crippen molar-refractivity contribution in [2.45, 2.75) is 31.3 Å². The van der Waals surface area contributed by atoms with Crippen molar-refractivity contribution in [1.82, 2.24) is 14.9 Å². The van der Waals surface area contributed by atoms with Crippen LogP contribution in [0.2, 0.25) is 0 Å². The summed E-state index contributed by atoms with van der Waals surface area (Å²) in [6, 6.07) is 12.5. The number of pyridine rings is 2. The fraction of sp³-hybridized carbons (Fsp3) is 0.381. The van der Waals surface area contributed by atoms with Gasteiger partial charge in [0.2, 0.25) is 0 Å². The minimum atomic E-state index is 0.289.